The Labute approximate surface area is 112 Å². The highest BCUT2D eigenvalue weighted by atomic mass is 16.5. The van der Waals surface area contributed by atoms with Crippen molar-refractivity contribution in [3.8, 4) is 5.75 Å². The Kier molecular flexibility index (Phi) is 4.39. The van der Waals surface area contributed by atoms with E-state index in [0.29, 0.717) is 37.3 Å². The third kappa shape index (κ3) is 3.05. The number of aliphatic hydroxyl groups is 2. The van der Waals surface area contributed by atoms with Gasteiger partial charge in [0, 0.05) is 13.7 Å². The second-order valence-electron chi connectivity index (χ2n) is 4.66. The summed E-state index contributed by atoms with van der Waals surface area (Å²) in [6, 6.07) is 5.35. The number of carbonyl (C=O) groups is 1. The maximum absolute atomic E-state index is 11.8. The summed E-state index contributed by atoms with van der Waals surface area (Å²) in [5, 5.41) is 18.8. The molecule has 104 valence electrons. The predicted octanol–water partition coefficient (Wildman–Crippen LogP) is 1.24. The highest BCUT2D eigenvalue weighted by Gasteiger charge is 2.21. The van der Waals surface area contributed by atoms with Crippen LogP contribution in [0.25, 0.3) is 0 Å². The Morgan fingerprint density at radius 2 is 2.26 bits per heavy atom. The van der Waals surface area contributed by atoms with Crippen molar-refractivity contribution in [3.05, 3.63) is 23.8 Å². The van der Waals surface area contributed by atoms with Gasteiger partial charge >= 0.3 is 0 Å². The fraction of sp³-hybridized carbons (Fsp3) is 0.500. The highest BCUT2D eigenvalue weighted by Crippen LogP contribution is 2.33. The van der Waals surface area contributed by atoms with Crippen LogP contribution in [0.15, 0.2) is 18.2 Å². The molecule has 19 heavy (non-hydrogen) atoms. The minimum atomic E-state index is -0.635. The number of fused-ring (bicyclic) bond motifs is 1. The summed E-state index contributed by atoms with van der Waals surface area (Å²) < 4.78 is 5.52. The van der Waals surface area contributed by atoms with Crippen molar-refractivity contribution in [2.75, 3.05) is 25.2 Å². The van der Waals surface area contributed by atoms with Crippen molar-refractivity contribution < 1.29 is 19.7 Å². The van der Waals surface area contributed by atoms with Gasteiger partial charge in [-0.15, -0.1) is 0 Å². The van der Waals surface area contributed by atoms with Gasteiger partial charge in [0.1, 0.15) is 5.75 Å². The largest absolute Gasteiger partial charge is 0.491 e. The molecule has 0 radical (unpaired) electrons. The van der Waals surface area contributed by atoms with E-state index in [0.717, 1.165) is 5.56 Å². The van der Waals surface area contributed by atoms with Crippen LogP contribution in [0.5, 0.6) is 5.75 Å². The number of nitrogens with zero attached hydrogens (tertiary/aromatic N) is 1. The predicted molar refractivity (Wildman–Crippen MR) is 71.2 cm³/mol. The number of amides is 1. The van der Waals surface area contributed by atoms with Gasteiger partial charge in [-0.05, 0) is 30.5 Å². The van der Waals surface area contributed by atoms with Crippen LogP contribution < -0.4 is 9.64 Å². The first-order valence-corrected chi connectivity index (χ1v) is 6.45. The third-order valence-electron chi connectivity index (χ3n) is 3.31. The van der Waals surface area contributed by atoms with E-state index in [1.165, 1.54) is 0 Å². The van der Waals surface area contributed by atoms with Gasteiger partial charge < -0.3 is 19.8 Å². The Balaban J connectivity index is 2.26. The topological polar surface area (TPSA) is 70.0 Å². The minimum absolute atomic E-state index is 0.000693. The smallest absolute Gasteiger partial charge is 0.230 e. The van der Waals surface area contributed by atoms with Crippen LogP contribution in [0.3, 0.4) is 0 Å². The van der Waals surface area contributed by atoms with Crippen LogP contribution in [0, 0.1) is 0 Å². The molecule has 1 unspecified atom stereocenters. The zero-order valence-corrected chi connectivity index (χ0v) is 11.0. The molecular weight excluding hydrogens is 246 g/mol. The van der Waals surface area contributed by atoms with E-state index in [4.69, 9.17) is 9.84 Å². The monoisotopic (exact) mass is 265 g/mol. The third-order valence-corrected chi connectivity index (χ3v) is 3.31. The first-order chi connectivity index (χ1) is 9.13. The molecular formula is C14H19NO4. The van der Waals surface area contributed by atoms with E-state index in [2.05, 4.69) is 0 Å². The van der Waals surface area contributed by atoms with Crippen LogP contribution in [0.1, 0.15) is 30.9 Å². The molecule has 0 saturated heterocycles. The molecule has 1 heterocycles. The van der Waals surface area contributed by atoms with Gasteiger partial charge in [-0.1, -0.05) is 6.07 Å². The number of benzene rings is 1. The Morgan fingerprint density at radius 1 is 1.47 bits per heavy atom. The van der Waals surface area contributed by atoms with Gasteiger partial charge in [-0.25, -0.2) is 0 Å². The number of hydrogen-bond donors (Lipinski definition) is 2. The van der Waals surface area contributed by atoms with Crippen LogP contribution in [0.4, 0.5) is 5.69 Å². The standard InChI is InChI=1S/C14H19NO4/c1-15-11-9-10(12(17)3-2-7-16)4-5-13(11)19-8-6-14(15)18/h4-5,9,12,16-17H,2-3,6-8H2,1H3. The lowest BCUT2D eigenvalue weighted by molar-refractivity contribution is -0.118. The molecule has 2 N–H and O–H groups in total. The number of anilines is 1. The minimum Gasteiger partial charge on any atom is -0.491 e. The lowest BCUT2D eigenvalue weighted by Crippen LogP contribution is -2.25. The number of carbonyl (C=O) groups excluding carboxylic acids is 1. The van der Waals surface area contributed by atoms with E-state index in [1.54, 1.807) is 30.1 Å². The van der Waals surface area contributed by atoms with Crippen LogP contribution >= 0.6 is 0 Å². The molecule has 0 aromatic heterocycles. The van der Waals surface area contributed by atoms with Gasteiger partial charge in [0.2, 0.25) is 5.91 Å². The summed E-state index contributed by atoms with van der Waals surface area (Å²) in [4.78, 5) is 13.3. The molecule has 0 spiro atoms. The SMILES string of the molecule is CN1C(=O)CCOc2ccc(C(O)CCCO)cc21. The molecule has 5 heteroatoms. The molecule has 2 rings (SSSR count). The quantitative estimate of drug-likeness (QED) is 0.859. The van der Waals surface area contributed by atoms with Gasteiger partial charge in [0.05, 0.1) is 24.8 Å². The molecule has 0 bridgehead atoms. The molecule has 1 aliphatic heterocycles. The van der Waals surface area contributed by atoms with Crippen molar-refractivity contribution in [2.45, 2.75) is 25.4 Å². The van der Waals surface area contributed by atoms with Crippen molar-refractivity contribution in [1.82, 2.24) is 0 Å². The zero-order valence-electron chi connectivity index (χ0n) is 11.0. The molecule has 5 nitrogen and oxygen atoms in total. The van der Waals surface area contributed by atoms with E-state index in [1.807, 2.05) is 0 Å². The molecule has 0 saturated carbocycles. The van der Waals surface area contributed by atoms with Crippen molar-refractivity contribution >= 4 is 11.6 Å². The Morgan fingerprint density at radius 3 is 3.00 bits per heavy atom. The maximum atomic E-state index is 11.8. The van der Waals surface area contributed by atoms with Crippen LogP contribution in [-0.4, -0.2) is 36.4 Å². The van der Waals surface area contributed by atoms with E-state index in [9.17, 15) is 9.90 Å². The first-order valence-electron chi connectivity index (χ1n) is 6.45. The zero-order chi connectivity index (χ0) is 13.8. The summed E-state index contributed by atoms with van der Waals surface area (Å²) in [6.07, 6.45) is 0.759. The second kappa shape index (κ2) is 6.04. The average Bonchev–Trinajstić information content (AvgIpc) is 2.56. The first kappa shape index (κ1) is 13.8. The fourth-order valence-corrected chi connectivity index (χ4v) is 2.13. The van der Waals surface area contributed by atoms with Crippen LogP contribution in [-0.2, 0) is 4.79 Å². The van der Waals surface area contributed by atoms with Crippen LogP contribution in [0.2, 0.25) is 0 Å². The van der Waals surface area contributed by atoms with E-state index in [-0.39, 0.29) is 12.5 Å². The van der Waals surface area contributed by atoms with E-state index < -0.39 is 6.10 Å². The van der Waals surface area contributed by atoms with Crippen molar-refractivity contribution in [3.63, 3.8) is 0 Å². The van der Waals surface area contributed by atoms with Gasteiger partial charge in [0.15, 0.2) is 0 Å². The van der Waals surface area contributed by atoms with Gasteiger partial charge in [-0.3, -0.25) is 4.79 Å². The summed E-state index contributed by atoms with van der Waals surface area (Å²) in [5.74, 6) is 0.659. The van der Waals surface area contributed by atoms with E-state index >= 15 is 0 Å². The fourth-order valence-electron chi connectivity index (χ4n) is 2.13. The Hall–Kier alpha value is -1.59. The molecule has 1 aromatic carbocycles. The number of aliphatic hydroxyl groups excluding tert-OH is 2. The Bertz CT molecular complexity index is 461. The molecule has 0 aliphatic carbocycles. The molecule has 1 amide bonds. The lowest BCUT2D eigenvalue weighted by atomic mass is 10.0. The highest BCUT2D eigenvalue weighted by molar-refractivity contribution is 5.95. The normalized spacial score (nSPS) is 16.6. The number of ether oxygens (including phenoxy) is 1. The van der Waals surface area contributed by atoms with Crippen molar-refractivity contribution in [1.29, 1.82) is 0 Å². The average molecular weight is 265 g/mol. The summed E-state index contributed by atoms with van der Waals surface area (Å²) in [7, 11) is 1.71. The second-order valence-corrected chi connectivity index (χ2v) is 4.66. The van der Waals surface area contributed by atoms with Gasteiger partial charge in [0.25, 0.3) is 0 Å². The number of hydrogen-bond acceptors (Lipinski definition) is 4. The van der Waals surface area contributed by atoms with Gasteiger partial charge in [-0.2, -0.15) is 0 Å². The number of rotatable bonds is 4. The van der Waals surface area contributed by atoms with Crippen molar-refractivity contribution in [2.24, 2.45) is 0 Å². The lowest BCUT2D eigenvalue weighted by Gasteiger charge is -2.19. The molecule has 1 aromatic rings. The molecule has 1 aliphatic rings. The summed E-state index contributed by atoms with van der Waals surface area (Å²) in [6.45, 7) is 0.437. The maximum Gasteiger partial charge on any atom is 0.230 e. The molecule has 0 fully saturated rings. The summed E-state index contributed by atoms with van der Waals surface area (Å²) >= 11 is 0. The summed E-state index contributed by atoms with van der Waals surface area (Å²) in [5.41, 5.74) is 1.42. The molecule has 1 atom stereocenters.